The molecule has 0 radical (unpaired) electrons. The van der Waals surface area contributed by atoms with Gasteiger partial charge in [0.25, 0.3) is 5.91 Å². The van der Waals surface area contributed by atoms with Gasteiger partial charge in [-0.3, -0.25) is 14.5 Å². The topological polar surface area (TPSA) is 79.0 Å². The van der Waals surface area contributed by atoms with Gasteiger partial charge in [-0.2, -0.15) is 0 Å². The number of carbonyl (C=O) groups is 3. The minimum atomic E-state index is -1.21. The zero-order valence-corrected chi connectivity index (χ0v) is 15.5. The summed E-state index contributed by atoms with van der Waals surface area (Å²) in [5, 5.41) is 2.46. The molecule has 1 unspecified atom stereocenters. The fourth-order valence-corrected chi connectivity index (χ4v) is 2.94. The van der Waals surface area contributed by atoms with Crippen molar-refractivity contribution >= 4 is 52.4 Å². The first-order valence-electron chi connectivity index (χ1n) is 8.16. The van der Waals surface area contributed by atoms with Crippen molar-refractivity contribution in [2.24, 2.45) is 0 Å². The molecule has 2 aliphatic rings. The lowest BCUT2D eigenvalue weighted by Gasteiger charge is -2.24. The van der Waals surface area contributed by atoms with Crippen LogP contribution in [0.4, 0.5) is 20.6 Å². The monoisotopic (exact) mass is 415 g/mol. The van der Waals surface area contributed by atoms with Crippen LogP contribution in [0.5, 0.6) is 0 Å². The summed E-state index contributed by atoms with van der Waals surface area (Å²) in [6.07, 6.45) is 2.01. The Bertz CT molecular complexity index is 802. The van der Waals surface area contributed by atoms with Gasteiger partial charge >= 0.3 is 6.09 Å². The molecule has 10 heteroatoms. The van der Waals surface area contributed by atoms with E-state index in [0.29, 0.717) is 24.3 Å². The van der Waals surface area contributed by atoms with Crippen LogP contribution >= 0.6 is 23.2 Å². The van der Waals surface area contributed by atoms with Crippen molar-refractivity contribution in [1.29, 1.82) is 0 Å². The second kappa shape index (κ2) is 8.14. The highest BCUT2D eigenvalue weighted by atomic mass is 35.5. The highest BCUT2D eigenvalue weighted by Crippen LogP contribution is 2.29. The van der Waals surface area contributed by atoms with Crippen LogP contribution in [0.15, 0.2) is 30.5 Å². The lowest BCUT2D eigenvalue weighted by atomic mass is 10.1. The van der Waals surface area contributed by atoms with Crippen LogP contribution in [0.1, 0.15) is 6.42 Å². The Hall–Kier alpha value is -2.32. The lowest BCUT2D eigenvalue weighted by molar-refractivity contribution is -0.119. The molecule has 7 nitrogen and oxygen atoms in total. The molecule has 2 amide bonds. The molecule has 3 rings (SSSR count). The van der Waals surface area contributed by atoms with Crippen LogP contribution in [0, 0.1) is 5.82 Å². The van der Waals surface area contributed by atoms with Crippen molar-refractivity contribution < 1.29 is 23.5 Å². The third kappa shape index (κ3) is 4.51. The van der Waals surface area contributed by atoms with Crippen molar-refractivity contribution in [3.8, 4) is 0 Å². The molecule has 2 aliphatic heterocycles. The number of benzene rings is 1. The van der Waals surface area contributed by atoms with Crippen molar-refractivity contribution in [2.75, 3.05) is 29.4 Å². The molecule has 27 heavy (non-hydrogen) atoms. The molecule has 1 fully saturated rings. The maximum absolute atomic E-state index is 14.5. The third-order valence-electron chi connectivity index (χ3n) is 4.17. The van der Waals surface area contributed by atoms with E-state index in [-0.39, 0.29) is 18.9 Å². The quantitative estimate of drug-likeness (QED) is 0.746. The molecule has 0 bridgehead atoms. The second-order valence-electron chi connectivity index (χ2n) is 6.02. The number of rotatable bonds is 5. The van der Waals surface area contributed by atoms with E-state index in [1.165, 1.54) is 23.2 Å². The van der Waals surface area contributed by atoms with E-state index in [0.717, 1.165) is 0 Å². The van der Waals surface area contributed by atoms with Crippen LogP contribution < -0.4 is 15.1 Å². The van der Waals surface area contributed by atoms with Gasteiger partial charge in [0.15, 0.2) is 10.6 Å². The minimum Gasteiger partial charge on any atom is -0.442 e. The zero-order chi connectivity index (χ0) is 19.6. The maximum Gasteiger partial charge on any atom is 0.414 e. The van der Waals surface area contributed by atoms with Gasteiger partial charge < -0.3 is 15.0 Å². The number of hydrogen-bond acceptors (Lipinski definition) is 5. The molecule has 0 saturated carbocycles. The first-order valence-corrected chi connectivity index (χ1v) is 9.03. The minimum absolute atomic E-state index is 0.00382. The number of nitrogens with zero attached hydrogens (tertiary/aromatic N) is 2. The third-order valence-corrected chi connectivity index (χ3v) is 4.56. The Kier molecular flexibility index (Phi) is 5.86. The smallest absolute Gasteiger partial charge is 0.414 e. The van der Waals surface area contributed by atoms with Crippen molar-refractivity contribution in [3.05, 3.63) is 36.3 Å². The normalized spacial score (nSPS) is 19.6. The molecule has 1 atom stereocenters. The summed E-state index contributed by atoms with van der Waals surface area (Å²) in [7, 11) is 0. The predicted octanol–water partition coefficient (Wildman–Crippen LogP) is 2.36. The number of ketones is 1. The Morgan fingerprint density at radius 2 is 2.15 bits per heavy atom. The van der Waals surface area contributed by atoms with E-state index in [4.69, 9.17) is 27.9 Å². The number of carbonyl (C=O) groups excluding carboxylic acids is 3. The van der Waals surface area contributed by atoms with Crippen molar-refractivity contribution in [3.63, 3.8) is 0 Å². The zero-order valence-electron chi connectivity index (χ0n) is 14.0. The Balaban J connectivity index is 1.67. The highest BCUT2D eigenvalue weighted by Gasteiger charge is 2.33. The molecule has 144 valence electrons. The van der Waals surface area contributed by atoms with E-state index >= 15 is 0 Å². The average molecular weight is 416 g/mol. The summed E-state index contributed by atoms with van der Waals surface area (Å²) in [5.74, 6) is -1.12. The molecule has 0 aromatic heterocycles. The summed E-state index contributed by atoms with van der Waals surface area (Å²) < 4.78 is 19.7. The molecular formula is C17H16Cl2FN3O4. The van der Waals surface area contributed by atoms with Gasteiger partial charge in [-0.05, 0) is 24.3 Å². The van der Waals surface area contributed by atoms with Gasteiger partial charge in [0.1, 0.15) is 11.9 Å². The van der Waals surface area contributed by atoms with Gasteiger partial charge in [0.05, 0.1) is 24.5 Å². The first-order chi connectivity index (χ1) is 12.8. The Morgan fingerprint density at radius 1 is 1.37 bits per heavy atom. The SMILES string of the molecule is O=C1C=CN(c2ccc(N3CC(CNC(=O)C(Cl)Cl)OC3=O)cc2F)CC1. The largest absolute Gasteiger partial charge is 0.442 e. The van der Waals surface area contributed by atoms with Crippen LogP contribution in [-0.4, -0.2) is 48.4 Å². The number of allylic oxidation sites excluding steroid dienone is 1. The second-order valence-corrected chi connectivity index (χ2v) is 7.12. The lowest BCUT2D eigenvalue weighted by Crippen LogP contribution is -2.37. The number of nitrogens with one attached hydrogen (secondary N) is 1. The number of hydrogen-bond donors (Lipinski definition) is 1. The summed E-state index contributed by atoms with van der Waals surface area (Å²) >= 11 is 10.9. The van der Waals surface area contributed by atoms with Gasteiger partial charge in [-0.25, -0.2) is 9.18 Å². The van der Waals surface area contributed by atoms with E-state index in [2.05, 4.69) is 5.32 Å². The summed E-state index contributed by atoms with van der Waals surface area (Å²) in [6, 6.07) is 4.37. The number of alkyl halides is 2. The summed E-state index contributed by atoms with van der Waals surface area (Å²) in [4.78, 5) is 36.4. The van der Waals surface area contributed by atoms with Gasteiger partial charge in [-0.15, -0.1) is 0 Å². The van der Waals surface area contributed by atoms with E-state index in [1.807, 2.05) is 0 Å². The van der Waals surface area contributed by atoms with Gasteiger partial charge in [0.2, 0.25) is 0 Å². The average Bonchev–Trinajstić information content (AvgIpc) is 3.01. The predicted molar refractivity (Wildman–Crippen MR) is 98.6 cm³/mol. The number of anilines is 2. The van der Waals surface area contributed by atoms with Crippen LogP contribution in [0.25, 0.3) is 0 Å². The number of amides is 2. The standard InChI is InChI=1S/C17H16Cl2FN3O4/c18-15(19)16(25)21-8-12-9-23(17(26)27-12)10-1-2-14(13(20)7-10)22-5-3-11(24)4-6-22/h1-3,5,7,12,15H,4,6,8-9H2,(H,21,25). The Labute approximate surface area is 164 Å². The molecule has 1 aromatic rings. The molecule has 1 N–H and O–H groups in total. The van der Waals surface area contributed by atoms with E-state index < -0.39 is 28.8 Å². The number of ether oxygens (including phenoxy) is 1. The first kappa shape index (κ1) is 19.4. The Morgan fingerprint density at radius 3 is 2.78 bits per heavy atom. The van der Waals surface area contributed by atoms with Crippen LogP contribution in [0.3, 0.4) is 0 Å². The molecule has 1 saturated heterocycles. The molecule has 0 aliphatic carbocycles. The molecule has 1 aromatic carbocycles. The number of halogens is 3. The highest BCUT2D eigenvalue weighted by molar-refractivity contribution is 6.53. The molecular weight excluding hydrogens is 400 g/mol. The molecule has 2 heterocycles. The van der Waals surface area contributed by atoms with Crippen LogP contribution in [-0.2, 0) is 14.3 Å². The molecule has 0 spiro atoms. The van der Waals surface area contributed by atoms with E-state index in [9.17, 15) is 18.8 Å². The van der Waals surface area contributed by atoms with Crippen LogP contribution in [0.2, 0.25) is 0 Å². The fraction of sp³-hybridized carbons (Fsp3) is 0.353. The van der Waals surface area contributed by atoms with Crippen molar-refractivity contribution in [1.82, 2.24) is 5.32 Å². The van der Waals surface area contributed by atoms with Gasteiger partial charge in [0, 0.05) is 19.2 Å². The summed E-state index contributed by atoms with van der Waals surface area (Å²) in [6.45, 7) is 0.580. The number of cyclic esters (lactones) is 1. The van der Waals surface area contributed by atoms with Crippen molar-refractivity contribution in [2.45, 2.75) is 17.4 Å². The maximum atomic E-state index is 14.5. The van der Waals surface area contributed by atoms with Gasteiger partial charge in [-0.1, -0.05) is 23.2 Å². The summed E-state index contributed by atoms with van der Waals surface area (Å²) in [5.41, 5.74) is 0.647. The fourth-order valence-electron chi connectivity index (χ4n) is 2.79. The van der Waals surface area contributed by atoms with E-state index in [1.54, 1.807) is 17.0 Å².